The number of anilines is 1. The van der Waals surface area contributed by atoms with Gasteiger partial charge in [0.25, 0.3) is 0 Å². The molecule has 0 unspecified atom stereocenters. The normalized spacial score (nSPS) is 11.0. The van der Waals surface area contributed by atoms with Crippen molar-refractivity contribution in [2.75, 3.05) is 5.32 Å². The van der Waals surface area contributed by atoms with Crippen LogP contribution in [0.4, 0.5) is 14.5 Å². The van der Waals surface area contributed by atoms with Crippen molar-refractivity contribution in [3.8, 4) is 10.6 Å². The number of aromatic nitrogens is 3. The van der Waals surface area contributed by atoms with Crippen LogP contribution in [0.25, 0.3) is 21.5 Å². The van der Waals surface area contributed by atoms with Crippen LogP contribution in [-0.2, 0) is 6.54 Å². The van der Waals surface area contributed by atoms with Gasteiger partial charge < -0.3 is 5.32 Å². The van der Waals surface area contributed by atoms with Crippen molar-refractivity contribution < 1.29 is 8.78 Å². The lowest BCUT2D eigenvalue weighted by atomic mass is 10.1. The van der Waals surface area contributed by atoms with Crippen LogP contribution < -0.4 is 5.32 Å². The van der Waals surface area contributed by atoms with Gasteiger partial charge in [-0.1, -0.05) is 41.7 Å². The van der Waals surface area contributed by atoms with Crippen LogP contribution in [0.15, 0.2) is 54.7 Å². The molecule has 0 saturated carbocycles. The van der Waals surface area contributed by atoms with Crippen molar-refractivity contribution in [1.82, 2.24) is 15.2 Å². The molecule has 2 heterocycles. The van der Waals surface area contributed by atoms with Gasteiger partial charge in [-0.3, -0.25) is 4.98 Å². The van der Waals surface area contributed by atoms with E-state index in [1.54, 1.807) is 6.07 Å². The van der Waals surface area contributed by atoms with Crippen LogP contribution in [0.5, 0.6) is 0 Å². The van der Waals surface area contributed by atoms with Crippen molar-refractivity contribution in [3.63, 3.8) is 0 Å². The Kier molecular flexibility index (Phi) is 4.07. The predicted octanol–water partition coefficient (Wildman–Crippen LogP) is 4.64. The van der Waals surface area contributed by atoms with E-state index in [4.69, 9.17) is 0 Å². The fourth-order valence-corrected chi connectivity index (χ4v) is 3.31. The molecular weight excluding hydrogens is 342 g/mol. The molecule has 124 valence electrons. The molecule has 7 heteroatoms. The van der Waals surface area contributed by atoms with Gasteiger partial charge in [0.05, 0.1) is 6.54 Å². The molecule has 4 rings (SSSR count). The first kappa shape index (κ1) is 15.6. The van der Waals surface area contributed by atoms with Gasteiger partial charge >= 0.3 is 0 Å². The first-order valence-corrected chi connectivity index (χ1v) is 8.38. The maximum atomic E-state index is 13.8. The molecule has 0 spiro atoms. The van der Waals surface area contributed by atoms with Gasteiger partial charge in [-0.25, -0.2) is 8.78 Å². The summed E-state index contributed by atoms with van der Waals surface area (Å²) in [6.45, 7) is 0.405. The van der Waals surface area contributed by atoms with Gasteiger partial charge in [-0.05, 0) is 12.1 Å². The number of pyridine rings is 1. The second-order valence-corrected chi connectivity index (χ2v) is 6.42. The van der Waals surface area contributed by atoms with Crippen LogP contribution in [0, 0.1) is 11.6 Å². The number of fused-ring (bicyclic) bond motifs is 1. The first-order valence-electron chi connectivity index (χ1n) is 7.56. The molecule has 0 aliphatic heterocycles. The zero-order chi connectivity index (χ0) is 17.2. The molecular formula is C18H12F2N4S. The lowest BCUT2D eigenvalue weighted by Crippen LogP contribution is -2.01. The molecule has 1 N–H and O–H groups in total. The van der Waals surface area contributed by atoms with Crippen LogP contribution in [0.2, 0.25) is 0 Å². The lowest BCUT2D eigenvalue weighted by molar-refractivity contribution is 0.590. The Balaban J connectivity index is 1.58. The molecule has 0 bridgehead atoms. The summed E-state index contributed by atoms with van der Waals surface area (Å²) in [5.41, 5.74) is 1.73. The summed E-state index contributed by atoms with van der Waals surface area (Å²) >= 11 is 1.47. The van der Waals surface area contributed by atoms with Crippen LogP contribution >= 0.6 is 11.3 Å². The van der Waals surface area contributed by atoms with E-state index >= 15 is 0 Å². The second-order valence-electron chi connectivity index (χ2n) is 5.36. The van der Waals surface area contributed by atoms with Crippen molar-refractivity contribution in [2.24, 2.45) is 0 Å². The zero-order valence-electron chi connectivity index (χ0n) is 12.9. The fourth-order valence-electron chi connectivity index (χ4n) is 2.53. The second kappa shape index (κ2) is 6.52. The molecule has 0 aliphatic carbocycles. The zero-order valence-corrected chi connectivity index (χ0v) is 13.7. The van der Waals surface area contributed by atoms with Crippen molar-refractivity contribution in [3.05, 3.63) is 71.4 Å². The van der Waals surface area contributed by atoms with E-state index in [2.05, 4.69) is 20.5 Å². The molecule has 2 aromatic carbocycles. The smallest absolute Gasteiger partial charge is 0.152 e. The molecule has 0 atom stereocenters. The lowest BCUT2D eigenvalue weighted by Gasteiger charge is -2.08. The van der Waals surface area contributed by atoms with Gasteiger partial charge in [0.2, 0.25) is 0 Å². The van der Waals surface area contributed by atoms with Gasteiger partial charge in [0.1, 0.15) is 21.3 Å². The van der Waals surface area contributed by atoms with Crippen LogP contribution in [-0.4, -0.2) is 15.2 Å². The Hall–Kier alpha value is -2.93. The van der Waals surface area contributed by atoms with E-state index < -0.39 is 11.6 Å². The quantitative estimate of drug-likeness (QED) is 0.580. The number of hydrogen-bond donors (Lipinski definition) is 1. The van der Waals surface area contributed by atoms with Gasteiger partial charge in [-0.15, -0.1) is 10.2 Å². The predicted molar refractivity (Wildman–Crippen MR) is 94.3 cm³/mol. The topological polar surface area (TPSA) is 50.7 Å². The maximum absolute atomic E-state index is 13.8. The van der Waals surface area contributed by atoms with Crippen molar-refractivity contribution in [1.29, 1.82) is 0 Å². The van der Waals surface area contributed by atoms with E-state index in [1.807, 2.05) is 30.3 Å². The number of benzene rings is 2. The monoisotopic (exact) mass is 354 g/mol. The number of nitrogens with zero attached hydrogens (tertiary/aromatic N) is 3. The van der Waals surface area contributed by atoms with Gasteiger partial charge in [-0.2, -0.15) is 0 Å². The van der Waals surface area contributed by atoms with E-state index in [0.717, 1.165) is 21.6 Å². The summed E-state index contributed by atoms with van der Waals surface area (Å²) in [5, 5.41) is 13.5. The molecule has 2 aromatic heterocycles. The number of rotatable bonds is 4. The van der Waals surface area contributed by atoms with E-state index in [1.165, 1.54) is 23.6 Å². The number of halogens is 2. The standard InChI is InChI=1S/C18H12F2N4S/c19-12-8-13-15(6-7-21-17(13)14(20)9-12)22-10-16-23-24-18(25-16)11-4-2-1-3-5-11/h1-9H,10H2,(H,21,22). The summed E-state index contributed by atoms with van der Waals surface area (Å²) < 4.78 is 27.3. The van der Waals surface area contributed by atoms with E-state index in [0.29, 0.717) is 17.6 Å². The highest BCUT2D eigenvalue weighted by atomic mass is 32.1. The Bertz CT molecular complexity index is 1030. The molecule has 0 radical (unpaired) electrons. The summed E-state index contributed by atoms with van der Waals surface area (Å²) in [4.78, 5) is 3.97. The Morgan fingerprint density at radius 2 is 1.84 bits per heavy atom. The summed E-state index contributed by atoms with van der Waals surface area (Å²) in [6.07, 6.45) is 1.49. The van der Waals surface area contributed by atoms with E-state index in [-0.39, 0.29) is 5.52 Å². The third kappa shape index (κ3) is 3.18. The van der Waals surface area contributed by atoms with Crippen molar-refractivity contribution in [2.45, 2.75) is 6.54 Å². The molecule has 25 heavy (non-hydrogen) atoms. The molecule has 0 aliphatic rings. The molecule has 0 saturated heterocycles. The largest absolute Gasteiger partial charge is 0.378 e. The maximum Gasteiger partial charge on any atom is 0.152 e. The number of nitrogens with one attached hydrogen (secondary N) is 1. The molecule has 0 amide bonds. The average molecular weight is 354 g/mol. The molecule has 4 aromatic rings. The molecule has 0 fully saturated rings. The minimum atomic E-state index is -0.680. The van der Waals surface area contributed by atoms with Gasteiger partial charge in [0.15, 0.2) is 5.82 Å². The van der Waals surface area contributed by atoms with Gasteiger partial charge in [0, 0.05) is 28.9 Å². The Labute approximate surface area is 146 Å². The fraction of sp³-hybridized carbons (Fsp3) is 0.0556. The highest BCUT2D eigenvalue weighted by Gasteiger charge is 2.10. The van der Waals surface area contributed by atoms with Crippen LogP contribution in [0.1, 0.15) is 5.01 Å². The minimum absolute atomic E-state index is 0.133. The minimum Gasteiger partial charge on any atom is -0.378 e. The van der Waals surface area contributed by atoms with E-state index in [9.17, 15) is 8.78 Å². The summed E-state index contributed by atoms with van der Waals surface area (Å²) in [6, 6.07) is 13.6. The summed E-state index contributed by atoms with van der Waals surface area (Å²) in [7, 11) is 0. The highest BCUT2D eigenvalue weighted by Crippen LogP contribution is 2.27. The van der Waals surface area contributed by atoms with Crippen molar-refractivity contribution >= 4 is 27.9 Å². The Morgan fingerprint density at radius 3 is 2.68 bits per heavy atom. The SMILES string of the molecule is Fc1cc(F)c2nccc(NCc3nnc(-c4ccccc4)s3)c2c1. The Morgan fingerprint density at radius 1 is 1.00 bits per heavy atom. The molecule has 4 nitrogen and oxygen atoms in total. The average Bonchev–Trinajstić information content (AvgIpc) is 3.10. The number of hydrogen-bond acceptors (Lipinski definition) is 5. The highest BCUT2D eigenvalue weighted by molar-refractivity contribution is 7.14. The first-order chi connectivity index (χ1) is 12.2. The third-order valence-electron chi connectivity index (χ3n) is 3.68. The summed E-state index contributed by atoms with van der Waals surface area (Å²) in [5.74, 6) is -1.32. The van der Waals surface area contributed by atoms with Crippen LogP contribution in [0.3, 0.4) is 0 Å². The third-order valence-corrected chi connectivity index (χ3v) is 4.65.